The molecular weight excluding hydrogens is 255 g/mol. The normalized spacial score (nSPS) is 20.4. The maximum absolute atomic E-state index is 12.8. The van der Waals surface area contributed by atoms with E-state index in [0.717, 1.165) is 18.5 Å². The van der Waals surface area contributed by atoms with E-state index in [-0.39, 0.29) is 17.8 Å². The lowest BCUT2D eigenvalue weighted by Gasteiger charge is -2.23. The van der Waals surface area contributed by atoms with E-state index in [9.17, 15) is 9.18 Å². The monoisotopic (exact) mass is 278 g/mol. The number of carbonyl (C=O) groups is 1. The van der Waals surface area contributed by atoms with Gasteiger partial charge in [-0.3, -0.25) is 4.79 Å². The Bertz CT molecular complexity index is 427. The van der Waals surface area contributed by atoms with Crippen LogP contribution in [0.15, 0.2) is 24.3 Å². The molecular formula is C16H23FN2O. The first-order valence-electron chi connectivity index (χ1n) is 7.43. The van der Waals surface area contributed by atoms with E-state index in [4.69, 9.17) is 0 Å². The molecule has 2 atom stereocenters. The van der Waals surface area contributed by atoms with Crippen LogP contribution in [0.25, 0.3) is 0 Å². The van der Waals surface area contributed by atoms with E-state index >= 15 is 0 Å². The predicted octanol–water partition coefficient (Wildman–Crippen LogP) is 2.93. The van der Waals surface area contributed by atoms with Crippen LogP contribution in [0.2, 0.25) is 0 Å². The van der Waals surface area contributed by atoms with E-state index < -0.39 is 0 Å². The van der Waals surface area contributed by atoms with Crippen LogP contribution in [0.3, 0.4) is 0 Å². The number of carbonyl (C=O) groups excluding carboxylic acids is 1. The molecule has 2 N–H and O–H groups in total. The number of halogens is 1. The lowest BCUT2D eigenvalue weighted by atomic mass is 10.0. The molecule has 2 unspecified atom stereocenters. The molecule has 0 bridgehead atoms. The van der Waals surface area contributed by atoms with Crippen molar-refractivity contribution in [1.29, 1.82) is 0 Å². The molecule has 1 heterocycles. The van der Waals surface area contributed by atoms with Gasteiger partial charge in [0.05, 0.1) is 6.04 Å². The minimum absolute atomic E-state index is 0.0641. The highest BCUT2D eigenvalue weighted by Gasteiger charge is 2.15. The first kappa shape index (κ1) is 15.0. The fourth-order valence-corrected chi connectivity index (χ4v) is 2.62. The number of amides is 1. The van der Waals surface area contributed by atoms with Crippen LogP contribution in [0.4, 0.5) is 4.39 Å². The van der Waals surface area contributed by atoms with Gasteiger partial charge in [0.2, 0.25) is 5.91 Å². The smallest absolute Gasteiger partial charge is 0.220 e. The lowest BCUT2D eigenvalue weighted by molar-refractivity contribution is -0.122. The third-order valence-corrected chi connectivity index (χ3v) is 3.88. The molecule has 0 spiro atoms. The fraction of sp³-hybridized carbons (Fsp3) is 0.562. The van der Waals surface area contributed by atoms with Crippen molar-refractivity contribution >= 4 is 5.91 Å². The van der Waals surface area contributed by atoms with E-state index in [0.29, 0.717) is 12.5 Å². The lowest BCUT2D eigenvalue weighted by Crippen LogP contribution is -2.35. The quantitative estimate of drug-likeness (QED) is 0.869. The highest BCUT2D eigenvalue weighted by molar-refractivity contribution is 5.76. The Hall–Kier alpha value is -1.42. The number of nitrogens with one attached hydrogen (secondary N) is 2. The molecule has 1 aromatic rings. The summed E-state index contributed by atoms with van der Waals surface area (Å²) in [6.07, 6.45) is 5.10. The summed E-state index contributed by atoms with van der Waals surface area (Å²) in [5.74, 6) is -0.190. The third kappa shape index (κ3) is 4.60. The van der Waals surface area contributed by atoms with E-state index in [1.54, 1.807) is 12.1 Å². The van der Waals surface area contributed by atoms with Crippen LogP contribution in [0.5, 0.6) is 0 Å². The Balaban J connectivity index is 1.74. The van der Waals surface area contributed by atoms with Crippen molar-refractivity contribution in [3.05, 3.63) is 35.6 Å². The molecule has 0 saturated carbocycles. The molecule has 20 heavy (non-hydrogen) atoms. The molecule has 1 saturated heterocycles. The highest BCUT2D eigenvalue weighted by atomic mass is 19.1. The summed E-state index contributed by atoms with van der Waals surface area (Å²) in [5, 5.41) is 6.41. The predicted molar refractivity (Wildman–Crippen MR) is 77.8 cm³/mol. The second kappa shape index (κ2) is 7.39. The first-order valence-corrected chi connectivity index (χ1v) is 7.43. The molecule has 110 valence electrons. The fourth-order valence-electron chi connectivity index (χ4n) is 2.62. The first-order chi connectivity index (χ1) is 9.65. The van der Waals surface area contributed by atoms with Gasteiger partial charge in [0.25, 0.3) is 0 Å². The Morgan fingerprint density at radius 3 is 2.80 bits per heavy atom. The van der Waals surface area contributed by atoms with Gasteiger partial charge in [0.15, 0.2) is 0 Å². The highest BCUT2D eigenvalue weighted by Crippen LogP contribution is 2.15. The zero-order valence-corrected chi connectivity index (χ0v) is 12.0. The maximum atomic E-state index is 12.8. The van der Waals surface area contributed by atoms with Gasteiger partial charge in [-0.1, -0.05) is 18.6 Å². The summed E-state index contributed by atoms with van der Waals surface area (Å²) < 4.78 is 12.8. The summed E-state index contributed by atoms with van der Waals surface area (Å²) in [6, 6.07) is 6.66. The minimum Gasteiger partial charge on any atom is -0.350 e. The summed E-state index contributed by atoms with van der Waals surface area (Å²) in [5.41, 5.74) is 0.926. The van der Waals surface area contributed by atoms with Gasteiger partial charge in [-0.05, 0) is 50.4 Å². The Labute approximate surface area is 120 Å². The van der Waals surface area contributed by atoms with E-state index in [1.165, 1.54) is 31.4 Å². The molecule has 1 aliphatic rings. The van der Waals surface area contributed by atoms with E-state index in [2.05, 4.69) is 10.6 Å². The summed E-state index contributed by atoms with van der Waals surface area (Å²) in [6.45, 7) is 2.99. The van der Waals surface area contributed by atoms with Crippen molar-refractivity contribution in [1.82, 2.24) is 10.6 Å². The van der Waals surface area contributed by atoms with Crippen molar-refractivity contribution < 1.29 is 9.18 Å². The molecule has 1 amide bonds. The molecule has 0 aromatic heterocycles. The van der Waals surface area contributed by atoms with Crippen LogP contribution >= 0.6 is 0 Å². The van der Waals surface area contributed by atoms with Crippen molar-refractivity contribution in [3.63, 3.8) is 0 Å². The Morgan fingerprint density at radius 1 is 1.40 bits per heavy atom. The zero-order valence-electron chi connectivity index (χ0n) is 12.0. The minimum atomic E-state index is -0.254. The Kier molecular flexibility index (Phi) is 5.53. The maximum Gasteiger partial charge on any atom is 0.220 e. The van der Waals surface area contributed by atoms with Gasteiger partial charge in [0.1, 0.15) is 5.82 Å². The number of rotatable bonds is 5. The zero-order chi connectivity index (χ0) is 14.4. The summed E-state index contributed by atoms with van der Waals surface area (Å²) in [7, 11) is 0. The molecule has 0 aliphatic carbocycles. The second-order valence-corrected chi connectivity index (χ2v) is 5.53. The average Bonchev–Trinajstić information content (AvgIpc) is 2.47. The van der Waals surface area contributed by atoms with Crippen molar-refractivity contribution in [3.8, 4) is 0 Å². The van der Waals surface area contributed by atoms with Gasteiger partial charge in [0, 0.05) is 12.5 Å². The van der Waals surface area contributed by atoms with Gasteiger partial charge in [-0.15, -0.1) is 0 Å². The van der Waals surface area contributed by atoms with Crippen LogP contribution < -0.4 is 10.6 Å². The molecule has 1 fully saturated rings. The molecule has 3 nitrogen and oxygen atoms in total. The summed E-state index contributed by atoms with van der Waals surface area (Å²) in [4.78, 5) is 11.9. The van der Waals surface area contributed by atoms with Crippen LogP contribution in [-0.4, -0.2) is 18.5 Å². The van der Waals surface area contributed by atoms with Crippen LogP contribution in [0, 0.1) is 5.82 Å². The van der Waals surface area contributed by atoms with E-state index in [1.807, 2.05) is 6.92 Å². The van der Waals surface area contributed by atoms with Crippen molar-refractivity contribution in [2.75, 3.05) is 6.54 Å². The van der Waals surface area contributed by atoms with Crippen LogP contribution in [0.1, 0.15) is 50.6 Å². The topological polar surface area (TPSA) is 41.1 Å². The van der Waals surface area contributed by atoms with Gasteiger partial charge in [-0.25, -0.2) is 4.39 Å². The number of hydrogen-bond donors (Lipinski definition) is 2. The molecule has 1 aliphatic heterocycles. The van der Waals surface area contributed by atoms with Crippen LogP contribution in [-0.2, 0) is 4.79 Å². The molecule has 0 radical (unpaired) electrons. The van der Waals surface area contributed by atoms with Gasteiger partial charge >= 0.3 is 0 Å². The Morgan fingerprint density at radius 2 is 2.15 bits per heavy atom. The second-order valence-electron chi connectivity index (χ2n) is 5.53. The number of benzene rings is 1. The van der Waals surface area contributed by atoms with Gasteiger partial charge in [-0.2, -0.15) is 0 Å². The SMILES string of the molecule is CC(NC(=O)CCC1CCCCN1)c1ccc(F)cc1. The number of hydrogen-bond acceptors (Lipinski definition) is 2. The standard InChI is InChI=1S/C16H23FN2O/c1-12(13-5-7-14(17)8-6-13)19-16(20)10-9-15-4-2-3-11-18-15/h5-8,12,15,18H,2-4,9-11H2,1H3,(H,19,20). The largest absolute Gasteiger partial charge is 0.350 e. The van der Waals surface area contributed by atoms with Crippen molar-refractivity contribution in [2.24, 2.45) is 0 Å². The molecule has 2 rings (SSSR count). The van der Waals surface area contributed by atoms with Gasteiger partial charge < -0.3 is 10.6 Å². The third-order valence-electron chi connectivity index (χ3n) is 3.88. The summed E-state index contributed by atoms with van der Waals surface area (Å²) >= 11 is 0. The van der Waals surface area contributed by atoms with Crippen molar-refractivity contribution in [2.45, 2.75) is 51.1 Å². The number of piperidine rings is 1. The molecule has 4 heteroatoms. The average molecular weight is 278 g/mol. The molecule has 1 aromatic carbocycles.